The van der Waals surface area contributed by atoms with Gasteiger partial charge in [0.25, 0.3) is 0 Å². The standard InChI is InChI=1S/C16H20N2O3/c19-15(20)14-7-10-18(11-14)16(21)17-8-5-12-3-1-2-4-13(12)6-9-17/h1-4,14H,5-11H2,(H,19,20). The van der Waals surface area contributed by atoms with Crippen LogP contribution in [0, 0.1) is 5.92 Å². The Kier molecular flexibility index (Phi) is 3.82. The van der Waals surface area contributed by atoms with Gasteiger partial charge in [-0.1, -0.05) is 24.3 Å². The van der Waals surface area contributed by atoms with Gasteiger partial charge in [0.15, 0.2) is 0 Å². The highest BCUT2D eigenvalue weighted by Crippen LogP contribution is 2.20. The van der Waals surface area contributed by atoms with Gasteiger partial charge in [0.05, 0.1) is 5.92 Å². The second-order valence-electron chi connectivity index (χ2n) is 5.81. The van der Waals surface area contributed by atoms with E-state index in [4.69, 9.17) is 5.11 Å². The highest BCUT2D eigenvalue weighted by molar-refractivity contribution is 5.77. The zero-order valence-corrected chi connectivity index (χ0v) is 12.0. The molecule has 2 aliphatic rings. The van der Waals surface area contributed by atoms with Crippen LogP contribution in [-0.2, 0) is 17.6 Å². The molecule has 0 bridgehead atoms. The third-order valence-corrected chi connectivity index (χ3v) is 4.50. The number of hydrogen-bond donors (Lipinski definition) is 1. The molecule has 21 heavy (non-hydrogen) atoms. The Labute approximate surface area is 124 Å². The monoisotopic (exact) mass is 288 g/mol. The number of hydrogen-bond acceptors (Lipinski definition) is 2. The number of amides is 2. The molecule has 1 aromatic rings. The first-order valence-electron chi connectivity index (χ1n) is 7.48. The van der Waals surface area contributed by atoms with Crippen LogP contribution in [0.4, 0.5) is 4.79 Å². The average Bonchev–Trinajstić information content (AvgIpc) is 2.88. The van der Waals surface area contributed by atoms with Crippen LogP contribution in [0.25, 0.3) is 0 Å². The van der Waals surface area contributed by atoms with E-state index in [0.717, 1.165) is 12.8 Å². The van der Waals surface area contributed by atoms with E-state index < -0.39 is 11.9 Å². The van der Waals surface area contributed by atoms with E-state index >= 15 is 0 Å². The molecule has 2 amide bonds. The van der Waals surface area contributed by atoms with E-state index in [9.17, 15) is 9.59 Å². The summed E-state index contributed by atoms with van der Waals surface area (Å²) in [6, 6.07) is 8.31. The van der Waals surface area contributed by atoms with Gasteiger partial charge in [0.2, 0.25) is 0 Å². The molecule has 0 radical (unpaired) electrons. The third kappa shape index (κ3) is 2.86. The Morgan fingerprint density at radius 1 is 1.00 bits per heavy atom. The van der Waals surface area contributed by atoms with Crippen molar-refractivity contribution in [1.82, 2.24) is 9.80 Å². The van der Waals surface area contributed by atoms with E-state index in [1.807, 2.05) is 17.0 Å². The largest absolute Gasteiger partial charge is 0.481 e. The number of rotatable bonds is 1. The maximum Gasteiger partial charge on any atom is 0.320 e. The number of carbonyl (C=O) groups excluding carboxylic acids is 1. The summed E-state index contributed by atoms with van der Waals surface area (Å²) in [6.45, 7) is 2.32. The van der Waals surface area contributed by atoms with Crippen LogP contribution in [0.1, 0.15) is 17.5 Å². The molecule has 5 heteroatoms. The molecule has 0 aromatic heterocycles. The number of benzene rings is 1. The second-order valence-corrected chi connectivity index (χ2v) is 5.81. The molecule has 0 saturated carbocycles. The Morgan fingerprint density at radius 3 is 2.14 bits per heavy atom. The summed E-state index contributed by atoms with van der Waals surface area (Å²) in [6.07, 6.45) is 2.31. The summed E-state index contributed by atoms with van der Waals surface area (Å²) in [5, 5.41) is 9.03. The molecule has 2 heterocycles. The smallest absolute Gasteiger partial charge is 0.320 e. The van der Waals surface area contributed by atoms with Crippen LogP contribution in [0.2, 0.25) is 0 Å². The zero-order valence-electron chi connectivity index (χ0n) is 12.0. The van der Waals surface area contributed by atoms with Gasteiger partial charge in [-0.25, -0.2) is 4.79 Å². The number of carboxylic acid groups (broad SMARTS) is 1. The maximum atomic E-state index is 12.5. The Hall–Kier alpha value is -2.04. The van der Waals surface area contributed by atoms with Crippen LogP contribution in [0.15, 0.2) is 24.3 Å². The summed E-state index contributed by atoms with van der Waals surface area (Å²) in [5.41, 5.74) is 2.63. The van der Waals surface area contributed by atoms with Gasteiger partial charge in [-0.2, -0.15) is 0 Å². The first-order valence-corrected chi connectivity index (χ1v) is 7.48. The number of fused-ring (bicyclic) bond motifs is 1. The minimum Gasteiger partial charge on any atom is -0.481 e. The number of carbonyl (C=O) groups is 2. The zero-order chi connectivity index (χ0) is 14.8. The molecule has 1 aromatic carbocycles. The number of carboxylic acids is 1. The topological polar surface area (TPSA) is 60.9 Å². The van der Waals surface area contributed by atoms with Gasteiger partial charge in [-0.3, -0.25) is 4.79 Å². The first kappa shape index (κ1) is 13.9. The van der Waals surface area contributed by atoms with Crippen molar-refractivity contribution in [2.45, 2.75) is 19.3 Å². The minimum atomic E-state index is -0.798. The molecule has 1 atom stereocenters. The van der Waals surface area contributed by atoms with Crippen molar-refractivity contribution in [3.05, 3.63) is 35.4 Å². The van der Waals surface area contributed by atoms with E-state index in [-0.39, 0.29) is 6.03 Å². The molecule has 1 saturated heterocycles. The summed E-state index contributed by atoms with van der Waals surface area (Å²) < 4.78 is 0. The number of likely N-dealkylation sites (tertiary alicyclic amines) is 1. The van der Waals surface area contributed by atoms with Crippen molar-refractivity contribution >= 4 is 12.0 Å². The van der Waals surface area contributed by atoms with Crippen LogP contribution in [0.5, 0.6) is 0 Å². The molecule has 112 valence electrons. The van der Waals surface area contributed by atoms with E-state index in [1.54, 1.807) is 4.90 Å². The Morgan fingerprint density at radius 2 is 1.62 bits per heavy atom. The Balaban J connectivity index is 1.64. The normalized spacial score (nSPS) is 21.8. The first-order chi connectivity index (χ1) is 10.1. The lowest BCUT2D eigenvalue weighted by atomic mass is 10.0. The predicted octanol–water partition coefficient (Wildman–Crippen LogP) is 1.61. The fourth-order valence-corrected chi connectivity index (χ4v) is 3.19. The third-order valence-electron chi connectivity index (χ3n) is 4.50. The lowest BCUT2D eigenvalue weighted by Crippen LogP contribution is -2.43. The van der Waals surface area contributed by atoms with E-state index in [1.165, 1.54) is 11.1 Å². The number of urea groups is 1. The molecule has 2 aliphatic heterocycles. The minimum absolute atomic E-state index is 0.00782. The fourth-order valence-electron chi connectivity index (χ4n) is 3.19. The molecular weight excluding hydrogens is 268 g/mol. The maximum absolute atomic E-state index is 12.5. The van der Waals surface area contributed by atoms with Crippen LogP contribution in [0.3, 0.4) is 0 Å². The SMILES string of the molecule is O=C(O)C1CCN(C(=O)N2CCc3ccccc3CC2)C1. The highest BCUT2D eigenvalue weighted by atomic mass is 16.4. The lowest BCUT2D eigenvalue weighted by molar-refractivity contribution is -0.141. The molecule has 1 N–H and O–H groups in total. The van der Waals surface area contributed by atoms with Crippen molar-refractivity contribution in [1.29, 1.82) is 0 Å². The molecule has 0 aliphatic carbocycles. The lowest BCUT2D eigenvalue weighted by Gasteiger charge is -2.26. The summed E-state index contributed by atoms with van der Waals surface area (Å²) in [7, 11) is 0. The van der Waals surface area contributed by atoms with Crippen LogP contribution in [-0.4, -0.2) is 53.1 Å². The van der Waals surface area contributed by atoms with Gasteiger partial charge < -0.3 is 14.9 Å². The summed E-state index contributed by atoms with van der Waals surface area (Å²) in [5.74, 6) is -1.20. The van der Waals surface area contributed by atoms with Crippen molar-refractivity contribution in [2.75, 3.05) is 26.2 Å². The number of aliphatic carboxylic acids is 1. The van der Waals surface area contributed by atoms with Gasteiger partial charge in [-0.05, 0) is 30.4 Å². The quantitative estimate of drug-likeness (QED) is 0.854. The molecule has 5 nitrogen and oxygen atoms in total. The van der Waals surface area contributed by atoms with Crippen molar-refractivity contribution in [2.24, 2.45) is 5.92 Å². The average molecular weight is 288 g/mol. The molecular formula is C16H20N2O3. The molecule has 3 rings (SSSR count). The van der Waals surface area contributed by atoms with Crippen molar-refractivity contribution in [3.63, 3.8) is 0 Å². The second kappa shape index (κ2) is 5.76. The summed E-state index contributed by atoms with van der Waals surface area (Å²) in [4.78, 5) is 27.1. The van der Waals surface area contributed by atoms with Gasteiger partial charge in [0, 0.05) is 26.2 Å². The summed E-state index contributed by atoms with van der Waals surface area (Å²) >= 11 is 0. The van der Waals surface area contributed by atoms with Crippen molar-refractivity contribution < 1.29 is 14.7 Å². The van der Waals surface area contributed by atoms with Crippen molar-refractivity contribution in [3.8, 4) is 0 Å². The highest BCUT2D eigenvalue weighted by Gasteiger charge is 2.33. The van der Waals surface area contributed by atoms with E-state index in [2.05, 4.69) is 12.1 Å². The van der Waals surface area contributed by atoms with E-state index in [0.29, 0.717) is 32.6 Å². The van der Waals surface area contributed by atoms with Crippen LogP contribution < -0.4 is 0 Å². The molecule has 1 fully saturated rings. The van der Waals surface area contributed by atoms with Gasteiger partial charge >= 0.3 is 12.0 Å². The van der Waals surface area contributed by atoms with Crippen LogP contribution >= 0.6 is 0 Å². The van der Waals surface area contributed by atoms with Gasteiger partial charge in [0.1, 0.15) is 0 Å². The molecule has 0 spiro atoms. The fraction of sp³-hybridized carbons (Fsp3) is 0.500. The Bertz CT molecular complexity index is 531. The number of nitrogens with zero attached hydrogens (tertiary/aromatic N) is 2. The predicted molar refractivity (Wildman–Crippen MR) is 78.1 cm³/mol. The van der Waals surface area contributed by atoms with Gasteiger partial charge in [-0.15, -0.1) is 0 Å². The molecule has 1 unspecified atom stereocenters.